The summed E-state index contributed by atoms with van der Waals surface area (Å²) in [5.41, 5.74) is 0.241. The van der Waals surface area contributed by atoms with Gasteiger partial charge in [0.1, 0.15) is 5.82 Å². The van der Waals surface area contributed by atoms with E-state index in [-0.39, 0.29) is 28.8 Å². The highest BCUT2D eigenvalue weighted by Crippen LogP contribution is 2.16. The number of Topliss-reactive ketones (excluding diaryl/α,β-unsaturated/α-hetero) is 1. The third-order valence-electron chi connectivity index (χ3n) is 1.72. The van der Waals surface area contributed by atoms with E-state index in [1.54, 1.807) is 0 Å². The first-order valence-electron chi connectivity index (χ1n) is 4.21. The van der Waals surface area contributed by atoms with Crippen molar-refractivity contribution in [2.75, 3.05) is 11.2 Å². The van der Waals surface area contributed by atoms with Crippen LogP contribution >= 0.6 is 11.6 Å². The number of hydrogen-bond donors (Lipinski definition) is 1. The number of carbonyl (C=O) groups excluding carboxylic acids is 2. The van der Waals surface area contributed by atoms with Crippen LogP contribution in [0.4, 0.5) is 10.1 Å². The van der Waals surface area contributed by atoms with E-state index in [0.717, 1.165) is 6.07 Å². The van der Waals surface area contributed by atoms with Crippen molar-refractivity contribution in [3.05, 3.63) is 29.6 Å². The molecule has 0 aliphatic rings. The molecule has 1 aromatic rings. The number of hydrogen-bond acceptors (Lipinski definition) is 2. The van der Waals surface area contributed by atoms with Gasteiger partial charge < -0.3 is 5.32 Å². The van der Waals surface area contributed by atoms with E-state index >= 15 is 0 Å². The number of anilines is 1. The number of rotatable bonds is 3. The Balaban J connectivity index is 2.97. The molecule has 0 bridgehead atoms. The Labute approximate surface area is 91.2 Å². The van der Waals surface area contributed by atoms with E-state index in [1.165, 1.54) is 19.1 Å². The van der Waals surface area contributed by atoms with Crippen molar-refractivity contribution >= 4 is 29.0 Å². The Morgan fingerprint density at radius 1 is 1.47 bits per heavy atom. The number of halogens is 2. The van der Waals surface area contributed by atoms with Crippen molar-refractivity contribution in [3.63, 3.8) is 0 Å². The summed E-state index contributed by atoms with van der Waals surface area (Å²) in [6, 6.07) is 3.80. The van der Waals surface area contributed by atoms with Gasteiger partial charge in [0, 0.05) is 12.5 Å². The summed E-state index contributed by atoms with van der Waals surface area (Å²) in [4.78, 5) is 21.8. The smallest absolute Gasteiger partial charge is 0.221 e. The van der Waals surface area contributed by atoms with E-state index in [4.69, 9.17) is 11.6 Å². The summed E-state index contributed by atoms with van der Waals surface area (Å²) in [5.74, 6) is -1.57. The van der Waals surface area contributed by atoms with Crippen molar-refractivity contribution in [2.45, 2.75) is 6.92 Å². The van der Waals surface area contributed by atoms with Gasteiger partial charge in [-0.25, -0.2) is 4.39 Å². The molecule has 0 heterocycles. The topological polar surface area (TPSA) is 46.2 Å². The van der Waals surface area contributed by atoms with Crippen molar-refractivity contribution in [3.8, 4) is 0 Å². The van der Waals surface area contributed by atoms with Crippen molar-refractivity contribution in [1.29, 1.82) is 0 Å². The van der Waals surface area contributed by atoms with Gasteiger partial charge in [0.2, 0.25) is 5.91 Å². The second-order valence-corrected chi connectivity index (χ2v) is 3.20. The monoisotopic (exact) mass is 229 g/mol. The van der Waals surface area contributed by atoms with E-state index in [0.29, 0.717) is 0 Å². The fraction of sp³-hybridized carbons (Fsp3) is 0.200. The molecule has 1 N–H and O–H groups in total. The fourth-order valence-electron chi connectivity index (χ4n) is 1.06. The molecule has 0 saturated heterocycles. The number of alkyl halides is 1. The molecule has 0 radical (unpaired) electrons. The number of carbonyl (C=O) groups is 2. The van der Waals surface area contributed by atoms with Gasteiger partial charge in [0.05, 0.1) is 11.6 Å². The fourth-order valence-corrected chi connectivity index (χ4v) is 1.21. The summed E-state index contributed by atoms with van der Waals surface area (Å²) in [7, 11) is 0. The number of amides is 1. The predicted octanol–water partition coefficient (Wildman–Crippen LogP) is 2.21. The molecule has 0 fully saturated rings. The highest BCUT2D eigenvalue weighted by atomic mass is 35.5. The van der Waals surface area contributed by atoms with Gasteiger partial charge >= 0.3 is 0 Å². The van der Waals surface area contributed by atoms with Gasteiger partial charge in [0.15, 0.2) is 5.78 Å². The summed E-state index contributed by atoms with van der Waals surface area (Å²) < 4.78 is 13.3. The Bertz CT molecular complexity index is 406. The molecule has 1 amide bonds. The van der Waals surface area contributed by atoms with Gasteiger partial charge in [-0.3, -0.25) is 9.59 Å². The first kappa shape index (κ1) is 11.7. The van der Waals surface area contributed by atoms with Gasteiger partial charge in [-0.1, -0.05) is 0 Å². The first-order valence-corrected chi connectivity index (χ1v) is 4.74. The van der Waals surface area contributed by atoms with Crippen LogP contribution in [-0.2, 0) is 4.79 Å². The summed E-state index contributed by atoms with van der Waals surface area (Å²) in [5, 5.41) is 2.30. The zero-order valence-electron chi connectivity index (χ0n) is 8.01. The van der Waals surface area contributed by atoms with Crippen LogP contribution in [0.2, 0.25) is 0 Å². The van der Waals surface area contributed by atoms with Crippen LogP contribution in [-0.4, -0.2) is 17.6 Å². The first-order chi connectivity index (χ1) is 7.04. The lowest BCUT2D eigenvalue weighted by molar-refractivity contribution is -0.114. The second kappa shape index (κ2) is 4.89. The molecule has 0 atom stereocenters. The Morgan fingerprint density at radius 3 is 2.60 bits per heavy atom. The van der Waals surface area contributed by atoms with Gasteiger partial charge in [0.25, 0.3) is 0 Å². The maximum atomic E-state index is 13.3. The Kier molecular flexibility index (Phi) is 3.80. The molecule has 1 aromatic carbocycles. The molecule has 0 saturated carbocycles. The quantitative estimate of drug-likeness (QED) is 0.638. The van der Waals surface area contributed by atoms with E-state index < -0.39 is 5.82 Å². The van der Waals surface area contributed by atoms with Crippen molar-refractivity contribution < 1.29 is 14.0 Å². The third-order valence-corrected chi connectivity index (χ3v) is 1.97. The minimum atomic E-state index is -0.652. The second-order valence-electron chi connectivity index (χ2n) is 2.93. The predicted molar refractivity (Wildman–Crippen MR) is 55.8 cm³/mol. The highest BCUT2D eigenvalue weighted by Gasteiger charge is 2.09. The molecule has 0 aliphatic carbocycles. The normalized spacial score (nSPS) is 9.80. The van der Waals surface area contributed by atoms with Crippen LogP contribution < -0.4 is 5.32 Å². The number of nitrogens with one attached hydrogen (secondary N) is 1. The highest BCUT2D eigenvalue weighted by molar-refractivity contribution is 6.30. The average Bonchev–Trinajstić information content (AvgIpc) is 2.19. The van der Waals surface area contributed by atoms with Crippen molar-refractivity contribution in [1.82, 2.24) is 0 Å². The summed E-state index contributed by atoms with van der Waals surface area (Å²) in [6.07, 6.45) is 0. The zero-order valence-corrected chi connectivity index (χ0v) is 8.77. The molecule has 0 unspecified atom stereocenters. The minimum Gasteiger partial charge on any atom is -0.324 e. The molecule has 0 aliphatic heterocycles. The van der Waals surface area contributed by atoms with Crippen LogP contribution in [0.5, 0.6) is 0 Å². The van der Waals surface area contributed by atoms with Gasteiger partial charge in [-0.15, -0.1) is 11.6 Å². The number of ketones is 1. The van der Waals surface area contributed by atoms with E-state index in [9.17, 15) is 14.0 Å². The van der Waals surface area contributed by atoms with Crippen LogP contribution in [0.25, 0.3) is 0 Å². The summed E-state index contributed by atoms with van der Waals surface area (Å²) >= 11 is 5.32. The van der Waals surface area contributed by atoms with Crippen LogP contribution in [0.1, 0.15) is 17.3 Å². The third kappa shape index (κ3) is 3.02. The molecule has 3 nitrogen and oxygen atoms in total. The van der Waals surface area contributed by atoms with Gasteiger partial charge in [-0.2, -0.15) is 0 Å². The van der Waals surface area contributed by atoms with E-state index in [2.05, 4.69) is 5.32 Å². The van der Waals surface area contributed by atoms with E-state index in [1.807, 2.05) is 0 Å². The molecular weight excluding hydrogens is 221 g/mol. The molecule has 0 aromatic heterocycles. The maximum Gasteiger partial charge on any atom is 0.221 e. The maximum absolute atomic E-state index is 13.3. The molecule has 80 valence electrons. The standard InChI is InChI=1S/C10H9ClFNO2/c1-6(14)13-9-3-2-7(4-8(9)12)10(15)5-11/h2-4H,5H2,1H3,(H,13,14). The van der Waals surface area contributed by atoms with Crippen LogP contribution in [0.15, 0.2) is 18.2 Å². The number of benzene rings is 1. The molecule has 5 heteroatoms. The Morgan fingerprint density at radius 2 is 2.13 bits per heavy atom. The zero-order chi connectivity index (χ0) is 11.4. The van der Waals surface area contributed by atoms with Gasteiger partial charge in [-0.05, 0) is 18.2 Å². The molecule has 1 rings (SSSR count). The molecular formula is C10H9ClFNO2. The lowest BCUT2D eigenvalue weighted by atomic mass is 10.1. The van der Waals surface area contributed by atoms with Crippen molar-refractivity contribution in [2.24, 2.45) is 0 Å². The van der Waals surface area contributed by atoms with Crippen LogP contribution in [0, 0.1) is 5.82 Å². The lowest BCUT2D eigenvalue weighted by Gasteiger charge is -2.04. The average molecular weight is 230 g/mol. The summed E-state index contributed by atoms with van der Waals surface area (Å²) in [6.45, 7) is 1.28. The van der Waals surface area contributed by atoms with Crippen LogP contribution in [0.3, 0.4) is 0 Å². The largest absolute Gasteiger partial charge is 0.324 e. The molecule has 15 heavy (non-hydrogen) atoms. The minimum absolute atomic E-state index is 0.0497. The Hall–Kier alpha value is -1.42. The molecule has 0 spiro atoms. The SMILES string of the molecule is CC(=O)Nc1ccc(C(=O)CCl)cc1F. The lowest BCUT2D eigenvalue weighted by Crippen LogP contribution is -2.08.